The molecule has 8 bridgehead atoms. The van der Waals surface area contributed by atoms with Gasteiger partial charge in [0.2, 0.25) is 0 Å². The van der Waals surface area contributed by atoms with Crippen molar-refractivity contribution in [1.82, 2.24) is 19.9 Å². The van der Waals surface area contributed by atoms with Crippen molar-refractivity contribution < 1.29 is 95.7 Å². The Morgan fingerprint density at radius 2 is 0.457 bits per heavy atom. The molecule has 3 aromatic heterocycles. The van der Waals surface area contributed by atoms with Crippen molar-refractivity contribution in [3.8, 4) is 0 Å². The van der Waals surface area contributed by atoms with Gasteiger partial charge in [0.15, 0.2) is 0 Å². The summed E-state index contributed by atoms with van der Waals surface area (Å²) in [4.78, 5) is 131. The third kappa shape index (κ3) is 19.6. The van der Waals surface area contributed by atoms with Gasteiger partial charge < -0.3 is 47.9 Å². The van der Waals surface area contributed by atoms with Crippen molar-refractivity contribution >= 4 is 92.1 Å². The van der Waals surface area contributed by atoms with Gasteiger partial charge in [-0.1, -0.05) is 79.7 Å². The van der Waals surface area contributed by atoms with Crippen LogP contribution in [0.2, 0.25) is 0 Å². The van der Waals surface area contributed by atoms with Crippen LogP contribution in [0.3, 0.4) is 0 Å². The topological polar surface area (TPSA) is 264 Å². The zero-order valence-corrected chi connectivity index (χ0v) is 51.3. The summed E-state index contributed by atoms with van der Waals surface area (Å²) in [6.07, 6.45) is 0.955. The van der Waals surface area contributed by atoms with E-state index in [0.717, 1.165) is 0 Å². The molecule has 0 spiro atoms. The Morgan fingerprint density at radius 3 is 0.617 bits per heavy atom. The van der Waals surface area contributed by atoms with Crippen LogP contribution in [0.1, 0.15) is 177 Å². The average Bonchev–Trinajstić information content (AvgIpc) is 4.27. The molecule has 5 rings (SSSR count). The fourth-order valence-electron chi connectivity index (χ4n) is 8.64. The molecule has 0 amide bonds. The van der Waals surface area contributed by atoms with Gasteiger partial charge in [0.1, 0.15) is 0 Å². The monoisotopic (exact) mass is 1170 g/mol. The van der Waals surface area contributed by atoms with Crippen molar-refractivity contribution in [1.29, 1.82) is 0 Å². The maximum absolute atomic E-state index is 13.8. The first-order chi connectivity index (χ1) is 38.6. The van der Waals surface area contributed by atoms with E-state index in [1.807, 2.05) is 55.4 Å². The van der Waals surface area contributed by atoms with Crippen molar-refractivity contribution in [2.75, 3.05) is 52.9 Å². The summed E-state index contributed by atoms with van der Waals surface area (Å²) in [7, 11) is 0. The number of aromatic nitrogens is 4. The molecule has 0 saturated heterocycles. The van der Waals surface area contributed by atoms with Gasteiger partial charge in [0, 0.05) is 0 Å². The molecule has 3 aromatic rings. The van der Waals surface area contributed by atoms with Crippen LogP contribution in [-0.4, -0.2) is 111 Å². The van der Waals surface area contributed by atoms with Crippen LogP contribution >= 0.6 is 0 Å². The van der Waals surface area contributed by atoms with E-state index in [1.54, 1.807) is 0 Å². The van der Waals surface area contributed by atoms with Gasteiger partial charge >= 0.3 is 67.2 Å². The first kappa shape index (κ1) is 66.5. The van der Waals surface area contributed by atoms with Gasteiger partial charge in [-0.05, 0) is 95.9 Å². The molecule has 0 fully saturated rings. The normalized spacial score (nSPS) is 11.9. The summed E-state index contributed by atoms with van der Waals surface area (Å²) in [5, 5.41) is 0. The van der Waals surface area contributed by atoms with E-state index in [1.165, 1.54) is 24.3 Å². The van der Waals surface area contributed by atoms with Gasteiger partial charge in [-0.2, -0.15) is 0 Å². The minimum Gasteiger partial charge on any atom is -0.657 e. The fraction of sp³-hybridized carbons (Fsp3) is 0.533. The minimum atomic E-state index is -0.644. The molecular weight excluding hydrogens is 1100 g/mol. The number of nitrogens with zero attached hydrogens (tertiary/aromatic N) is 4. The van der Waals surface area contributed by atoms with E-state index < -0.39 is 99.1 Å². The Kier molecular flexibility index (Phi) is 28.2. The predicted octanol–water partition coefficient (Wildman–Crippen LogP) is 8.75. The van der Waals surface area contributed by atoms with Crippen molar-refractivity contribution in [3.05, 3.63) is 69.3 Å². The third-order valence-electron chi connectivity index (χ3n) is 12.3. The van der Waals surface area contributed by atoms with E-state index in [0.29, 0.717) is 51.4 Å². The van der Waals surface area contributed by atoms with Gasteiger partial charge in [-0.25, -0.2) is 9.97 Å². The average molecular weight is 1170 g/mol. The number of hydrogen-bond donors (Lipinski definition) is 0. The van der Waals surface area contributed by atoms with E-state index in [-0.39, 0.29) is 162 Å². The Hall–Kier alpha value is -7.02. The summed E-state index contributed by atoms with van der Waals surface area (Å²) in [5.74, 6) is -5.15. The maximum Gasteiger partial charge on any atom is 2.00 e. The van der Waals surface area contributed by atoms with Crippen LogP contribution in [-0.2, 0) is 121 Å². The second-order valence-electron chi connectivity index (χ2n) is 19.1. The number of fused-ring (bicyclic) bond motifs is 8. The van der Waals surface area contributed by atoms with Crippen molar-refractivity contribution in [3.63, 3.8) is 0 Å². The third-order valence-corrected chi connectivity index (χ3v) is 12.3. The number of ether oxygens (including phenoxy) is 8. The van der Waals surface area contributed by atoms with Crippen LogP contribution in [0.15, 0.2) is 24.3 Å². The summed E-state index contributed by atoms with van der Waals surface area (Å²) < 4.78 is 44.8. The summed E-state index contributed by atoms with van der Waals surface area (Å²) in [6.45, 7) is 15.5. The molecule has 0 aliphatic carbocycles. The molecule has 0 aromatic carbocycles. The van der Waals surface area contributed by atoms with Crippen LogP contribution in [0.4, 0.5) is 0 Å². The van der Waals surface area contributed by atoms with Gasteiger partial charge in [-0.3, -0.25) is 38.4 Å². The second-order valence-corrected chi connectivity index (χ2v) is 19.1. The molecule has 2 aliphatic heterocycles. The zero-order valence-electron chi connectivity index (χ0n) is 48.3. The second kappa shape index (κ2) is 34.3. The number of hydrogen-bond acceptors (Lipinski definition) is 18. The Morgan fingerprint density at radius 1 is 0.296 bits per heavy atom. The number of rotatable bonds is 32. The van der Waals surface area contributed by atoms with E-state index >= 15 is 0 Å². The maximum atomic E-state index is 13.8. The molecule has 2 aliphatic rings. The molecule has 21 heteroatoms. The Bertz CT molecular complexity index is 2590. The zero-order chi connectivity index (χ0) is 58.1. The minimum absolute atomic E-state index is 0. The summed E-state index contributed by atoms with van der Waals surface area (Å²) in [6, 6.07) is 6.13. The van der Waals surface area contributed by atoms with E-state index in [4.69, 9.17) is 57.8 Å². The summed E-state index contributed by atoms with van der Waals surface area (Å²) in [5.41, 5.74) is 2.90. The van der Waals surface area contributed by atoms with Crippen molar-refractivity contribution in [2.24, 2.45) is 0 Å². The number of esters is 8. The first-order valence-electron chi connectivity index (χ1n) is 28.0. The van der Waals surface area contributed by atoms with E-state index in [9.17, 15) is 38.4 Å². The van der Waals surface area contributed by atoms with Gasteiger partial charge in [-0.15, -0.1) is 22.1 Å². The molecule has 0 saturated carbocycles. The Balaban J connectivity index is 0.0000141. The molecule has 0 radical (unpaired) electrons. The molecular formula is C60H76N4O16Zn. The molecule has 5 heterocycles. The van der Waals surface area contributed by atoms with Crippen LogP contribution < -0.4 is 9.97 Å². The van der Waals surface area contributed by atoms with Crippen LogP contribution in [0.25, 0.3) is 44.4 Å². The van der Waals surface area contributed by atoms with Gasteiger partial charge in [0.05, 0.1) is 127 Å². The van der Waals surface area contributed by atoms with Crippen molar-refractivity contribution in [2.45, 2.75) is 158 Å². The van der Waals surface area contributed by atoms with E-state index in [2.05, 4.69) is 0 Å². The molecule has 0 atom stereocenters. The van der Waals surface area contributed by atoms with Gasteiger partial charge in [0.25, 0.3) is 0 Å². The smallest absolute Gasteiger partial charge is 0.657 e. The van der Waals surface area contributed by atoms with Crippen LogP contribution in [0, 0.1) is 0 Å². The molecule has 0 N–H and O–H groups in total. The molecule has 20 nitrogen and oxygen atoms in total. The largest absolute Gasteiger partial charge is 2.00 e. The summed E-state index contributed by atoms with van der Waals surface area (Å²) >= 11 is 0. The predicted molar refractivity (Wildman–Crippen MR) is 296 cm³/mol. The van der Waals surface area contributed by atoms with Crippen LogP contribution in [0.5, 0.6) is 0 Å². The fourth-order valence-corrected chi connectivity index (χ4v) is 8.64. The number of carbonyl (C=O) groups excluding carboxylic acids is 8. The SMILES string of the molecule is CCCOC(=O)CC1=C(CC(=O)OCCC)c2cc3[n-]c(cc4nc(cc5[n-]c(cc1n2)c(CC(=O)OCCC)c5CC(=O)OCCC)C(CC(=O)OCCC)=C4CC(=O)OCCC)c(CC(=O)OCCC)c3CC(=O)OCCC.[Zn+2]. The molecule has 434 valence electrons. The quantitative estimate of drug-likeness (QED) is 0.0321. The first-order valence-corrected chi connectivity index (χ1v) is 28.0. The molecule has 0 unspecified atom stereocenters. The standard InChI is InChI=1S/C60H76N4O16.Zn/c1-9-17-73-53(65)25-37-38(26-54(66)74-18-10-2)46-34-48-41(29-57(69)77-21-13-5)42(30-58(70)78-22-14-6)50(63-48)36-52-44(32-60(72)80-24-16-8)43(31-59(71)79-23-15-7)51(64-52)35-49-40(28-56(68)76-20-12-4)39(27-55(67)75-19-11-3)47(62-49)33-45(37)61-46;/h33-36H,9-32H2,1-8H3;/q-2;+2. The Labute approximate surface area is 485 Å². The molecule has 81 heavy (non-hydrogen) atoms. The number of carbonyl (C=O) groups is 8.